The molecule has 1 aromatic carbocycles. The summed E-state index contributed by atoms with van der Waals surface area (Å²) >= 11 is 7.99. The van der Waals surface area contributed by atoms with Gasteiger partial charge in [-0.3, -0.25) is 0 Å². The van der Waals surface area contributed by atoms with Crippen molar-refractivity contribution in [1.29, 1.82) is 0 Å². The molecule has 0 aliphatic heterocycles. The van der Waals surface area contributed by atoms with E-state index in [0.29, 0.717) is 5.56 Å². The second-order valence-corrected chi connectivity index (χ2v) is 7.59. The van der Waals surface area contributed by atoms with Crippen LogP contribution in [0.2, 0.25) is 0 Å². The average Bonchev–Trinajstić information content (AvgIpc) is 2.66. The molecule has 0 aliphatic rings. The van der Waals surface area contributed by atoms with Crippen molar-refractivity contribution in [2.24, 2.45) is 5.73 Å². The first-order valence-corrected chi connectivity index (χ1v) is 7.57. The standard InChI is InChI=1S/C12H8Br2F3NS/c13-9-5-7(11(14)19-9)10(18)6-3-1-2-4-8(6)12(15,16)17/h1-5,10H,18H2. The van der Waals surface area contributed by atoms with E-state index in [2.05, 4.69) is 31.9 Å². The molecule has 19 heavy (non-hydrogen) atoms. The van der Waals surface area contributed by atoms with Gasteiger partial charge in [-0.2, -0.15) is 13.2 Å². The first-order valence-electron chi connectivity index (χ1n) is 5.17. The zero-order chi connectivity index (χ0) is 14.2. The zero-order valence-electron chi connectivity index (χ0n) is 9.34. The maximum Gasteiger partial charge on any atom is 0.416 e. The molecule has 2 rings (SSSR count). The summed E-state index contributed by atoms with van der Waals surface area (Å²) in [6.07, 6.45) is -4.41. The van der Waals surface area contributed by atoms with Crippen LogP contribution in [0.3, 0.4) is 0 Å². The fourth-order valence-corrected chi connectivity index (χ4v) is 4.69. The molecule has 1 atom stereocenters. The summed E-state index contributed by atoms with van der Waals surface area (Å²) in [5.41, 5.74) is 5.99. The Morgan fingerprint density at radius 2 is 1.74 bits per heavy atom. The van der Waals surface area contributed by atoms with E-state index < -0.39 is 17.8 Å². The molecule has 7 heteroatoms. The smallest absolute Gasteiger partial charge is 0.320 e. The van der Waals surface area contributed by atoms with Crippen LogP contribution in [-0.2, 0) is 6.18 Å². The molecule has 0 radical (unpaired) electrons. The minimum atomic E-state index is -4.41. The Labute approximate surface area is 128 Å². The van der Waals surface area contributed by atoms with Gasteiger partial charge in [-0.25, -0.2) is 0 Å². The number of halogens is 5. The third-order valence-corrected chi connectivity index (χ3v) is 5.01. The number of hydrogen-bond donors (Lipinski definition) is 1. The van der Waals surface area contributed by atoms with E-state index in [0.717, 1.165) is 13.6 Å². The van der Waals surface area contributed by atoms with Crippen molar-refractivity contribution in [3.05, 3.63) is 54.6 Å². The molecule has 0 aliphatic carbocycles. The molecular formula is C12H8Br2F3NS. The Morgan fingerprint density at radius 3 is 2.26 bits per heavy atom. The third kappa shape index (κ3) is 3.21. The highest BCUT2D eigenvalue weighted by molar-refractivity contribution is 9.12. The Morgan fingerprint density at radius 1 is 1.11 bits per heavy atom. The number of rotatable bonds is 2. The lowest BCUT2D eigenvalue weighted by Crippen LogP contribution is -2.18. The van der Waals surface area contributed by atoms with Crippen molar-refractivity contribution in [2.45, 2.75) is 12.2 Å². The molecule has 0 bridgehead atoms. The van der Waals surface area contributed by atoms with Crippen molar-refractivity contribution in [3.8, 4) is 0 Å². The van der Waals surface area contributed by atoms with E-state index in [1.54, 1.807) is 12.1 Å². The predicted octanol–water partition coefficient (Wildman–Crippen LogP) is 5.34. The van der Waals surface area contributed by atoms with Crippen LogP contribution in [0, 0.1) is 0 Å². The lowest BCUT2D eigenvalue weighted by molar-refractivity contribution is -0.138. The largest absolute Gasteiger partial charge is 0.416 e. The van der Waals surface area contributed by atoms with E-state index >= 15 is 0 Å². The fourth-order valence-electron chi connectivity index (χ4n) is 1.76. The van der Waals surface area contributed by atoms with Gasteiger partial charge in [0.1, 0.15) is 0 Å². The summed E-state index contributed by atoms with van der Waals surface area (Å²) in [6.45, 7) is 0. The van der Waals surface area contributed by atoms with Gasteiger partial charge < -0.3 is 5.73 Å². The van der Waals surface area contributed by atoms with E-state index in [9.17, 15) is 13.2 Å². The minimum absolute atomic E-state index is 0.0704. The van der Waals surface area contributed by atoms with Crippen LogP contribution < -0.4 is 5.73 Å². The molecule has 1 heterocycles. The third-order valence-electron chi connectivity index (χ3n) is 2.62. The van der Waals surface area contributed by atoms with Gasteiger partial charge in [0.25, 0.3) is 0 Å². The van der Waals surface area contributed by atoms with Crippen LogP contribution in [0.1, 0.15) is 22.7 Å². The van der Waals surface area contributed by atoms with E-state index in [1.807, 2.05) is 0 Å². The van der Waals surface area contributed by atoms with Crippen LogP contribution in [-0.4, -0.2) is 0 Å². The molecule has 1 nitrogen and oxygen atoms in total. The second kappa shape index (κ2) is 5.55. The van der Waals surface area contributed by atoms with Crippen LogP contribution in [0.4, 0.5) is 13.2 Å². The maximum atomic E-state index is 13.0. The van der Waals surface area contributed by atoms with E-state index in [4.69, 9.17) is 5.73 Å². The quantitative estimate of drug-likeness (QED) is 0.705. The lowest BCUT2D eigenvalue weighted by atomic mass is 9.96. The van der Waals surface area contributed by atoms with Crippen molar-refractivity contribution in [2.75, 3.05) is 0 Å². The Balaban J connectivity index is 2.50. The SMILES string of the molecule is NC(c1ccccc1C(F)(F)F)c1cc(Br)sc1Br. The Bertz CT molecular complexity index is 595. The van der Waals surface area contributed by atoms with Crippen molar-refractivity contribution in [3.63, 3.8) is 0 Å². The summed E-state index contributed by atoms with van der Waals surface area (Å²) in [6, 6.07) is 6.27. The van der Waals surface area contributed by atoms with Gasteiger partial charge in [0.15, 0.2) is 0 Å². The number of benzene rings is 1. The summed E-state index contributed by atoms with van der Waals surface area (Å²) < 4.78 is 40.4. The topological polar surface area (TPSA) is 26.0 Å². The molecule has 0 spiro atoms. The lowest BCUT2D eigenvalue weighted by Gasteiger charge is -2.18. The highest BCUT2D eigenvalue weighted by atomic mass is 79.9. The fraction of sp³-hybridized carbons (Fsp3) is 0.167. The van der Waals surface area contributed by atoms with Crippen molar-refractivity contribution >= 4 is 43.2 Å². The number of thiophene rings is 1. The molecule has 1 unspecified atom stereocenters. The summed E-state index contributed by atoms with van der Waals surface area (Å²) in [4.78, 5) is 0. The predicted molar refractivity (Wildman–Crippen MR) is 77.2 cm³/mol. The zero-order valence-corrected chi connectivity index (χ0v) is 13.3. The van der Waals surface area contributed by atoms with Crippen LogP contribution in [0.5, 0.6) is 0 Å². The molecule has 0 saturated carbocycles. The normalized spacial score (nSPS) is 13.6. The number of nitrogens with two attached hydrogens (primary N) is 1. The van der Waals surface area contributed by atoms with E-state index in [1.165, 1.54) is 23.5 Å². The molecule has 0 fully saturated rings. The van der Waals surface area contributed by atoms with Crippen molar-refractivity contribution < 1.29 is 13.2 Å². The van der Waals surface area contributed by atoms with Gasteiger partial charge in [-0.1, -0.05) is 18.2 Å². The highest BCUT2D eigenvalue weighted by Crippen LogP contribution is 2.40. The van der Waals surface area contributed by atoms with Crippen molar-refractivity contribution in [1.82, 2.24) is 0 Å². The van der Waals surface area contributed by atoms with Crippen LogP contribution in [0.25, 0.3) is 0 Å². The van der Waals surface area contributed by atoms with Gasteiger partial charge in [0.05, 0.1) is 19.2 Å². The van der Waals surface area contributed by atoms with Crippen LogP contribution >= 0.6 is 43.2 Å². The molecule has 2 aromatic rings. The van der Waals surface area contributed by atoms with Gasteiger partial charge >= 0.3 is 6.18 Å². The average molecular weight is 415 g/mol. The van der Waals surface area contributed by atoms with Gasteiger partial charge in [-0.05, 0) is 55.1 Å². The van der Waals surface area contributed by atoms with Crippen LogP contribution in [0.15, 0.2) is 37.9 Å². The number of alkyl halides is 3. The second-order valence-electron chi connectivity index (χ2n) is 3.84. The first-order chi connectivity index (χ1) is 8.80. The van der Waals surface area contributed by atoms with E-state index in [-0.39, 0.29) is 5.56 Å². The Kier molecular flexibility index (Phi) is 4.39. The highest BCUT2D eigenvalue weighted by Gasteiger charge is 2.35. The molecule has 0 amide bonds. The van der Waals surface area contributed by atoms with Gasteiger partial charge in [0, 0.05) is 0 Å². The monoisotopic (exact) mass is 413 g/mol. The van der Waals surface area contributed by atoms with Gasteiger partial charge in [0.2, 0.25) is 0 Å². The summed E-state index contributed by atoms with van der Waals surface area (Å²) in [7, 11) is 0. The summed E-state index contributed by atoms with van der Waals surface area (Å²) in [5, 5.41) is 0. The molecule has 2 N–H and O–H groups in total. The number of hydrogen-bond acceptors (Lipinski definition) is 2. The molecule has 102 valence electrons. The Hall–Kier alpha value is -0.370. The van der Waals surface area contributed by atoms with Gasteiger partial charge in [-0.15, -0.1) is 11.3 Å². The first kappa shape index (κ1) is 15.0. The molecule has 0 saturated heterocycles. The summed E-state index contributed by atoms with van der Waals surface area (Å²) in [5.74, 6) is 0. The maximum absolute atomic E-state index is 13.0. The minimum Gasteiger partial charge on any atom is -0.320 e. The molecular weight excluding hydrogens is 407 g/mol. The molecule has 1 aromatic heterocycles.